The Balaban J connectivity index is 1.74. The Morgan fingerprint density at radius 2 is 2.00 bits per heavy atom. The lowest BCUT2D eigenvalue weighted by molar-refractivity contribution is 0.289. The molecule has 20 heavy (non-hydrogen) atoms. The smallest absolute Gasteiger partial charge is 0.109 e. The van der Waals surface area contributed by atoms with Crippen LogP contribution in [-0.4, -0.2) is 23.1 Å². The molecule has 0 bridgehead atoms. The number of hydrogen-bond acceptors (Lipinski definition) is 3. The molecule has 2 fully saturated rings. The molecule has 0 saturated heterocycles. The van der Waals surface area contributed by atoms with Gasteiger partial charge in [0.05, 0.1) is 6.07 Å². The van der Waals surface area contributed by atoms with E-state index in [9.17, 15) is 5.26 Å². The minimum atomic E-state index is -0.234. The minimum absolute atomic E-state index is 0.234. The van der Waals surface area contributed by atoms with Gasteiger partial charge in [-0.1, -0.05) is 19.3 Å². The number of hydrogen-bond donors (Lipinski definition) is 1. The van der Waals surface area contributed by atoms with E-state index in [1.807, 2.05) is 0 Å². The van der Waals surface area contributed by atoms with E-state index in [0.717, 1.165) is 12.3 Å². The maximum absolute atomic E-state index is 9.65. The van der Waals surface area contributed by atoms with Gasteiger partial charge in [-0.15, -0.1) is 0 Å². The fourth-order valence-corrected chi connectivity index (χ4v) is 5.29. The van der Waals surface area contributed by atoms with Gasteiger partial charge in [0.15, 0.2) is 0 Å². The summed E-state index contributed by atoms with van der Waals surface area (Å²) in [4.78, 5) is 0. The summed E-state index contributed by atoms with van der Waals surface area (Å²) < 4.78 is 0. The summed E-state index contributed by atoms with van der Waals surface area (Å²) in [6.07, 6.45) is 10.5. The van der Waals surface area contributed by atoms with Crippen LogP contribution in [0.4, 0.5) is 0 Å². The average Bonchev–Trinajstić information content (AvgIpc) is 3.04. The van der Waals surface area contributed by atoms with Crippen LogP contribution in [0.25, 0.3) is 0 Å². The maximum atomic E-state index is 9.65. The van der Waals surface area contributed by atoms with Crippen LogP contribution in [0.5, 0.6) is 0 Å². The molecular weight excluding hydrogens is 264 g/mol. The van der Waals surface area contributed by atoms with Gasteiger partial charge in [0.25, 0.3) is 0 Å². The third-order valence-electron chi connectivity index (χ3n) is 5.01. The Morgan fingerprint density at radius 1 is 1.25 bits per heavy atom. The van der Waals surface area contributed by atoms with Gasteiger partial charge in [-0.3, -0.25) is 5.32 Å². The first-order valence-electron chi connectivity index (χ1n) is 8.43. The molecule has 0 heterocycles. The summed E-state index contributed by atoms with van der Waals surface area (Å²) in [6.45, 7) is 4.31. The van der Waals surface area contributed by atoms with Gasteiger partial charge in [0.1, 0.15) is 5.54 Å². The topological polar surface area (TPSA) is 35.8 Å². The summed E-state index contributed by atoms with van der Waals surface area (Å²) in [7, 11) is 0. The van der Waals surface area contributed by atoms with Gasteiger partial charge < -0.3 is 0 Å². The van der Waals surface area contributed by atoms with Crippen molar-refractivity contribution in [1.29, 1.82) is 5.26 Å². The van der Waals surface area contributed by atoms with Crippen LogP contribution in [0.3, 0.4) is 0 Å². The van der Waals surface area contributed by atoms with Crippen LogP contribution >= 0.6 is 11.8 Å². The fraction of sp³-hybridized carbons (Fsp3) is 0.941. The molecule has 1 N–H and O–H groups in total. The predicted molar refractivity (Wildman–Crippen MR) is 87.9 cm³/mol. The number of nitriles is 1. The molecule has 0 aliphatic heterocycles. The molecule has 114 valence electrons. The zero-order valence-corrected chi connectivity index (χ0v) is 14.0. The van der Waals surface area contributed by atoms with Crippen molar-refractivity contribution >= 4 is 11.8 Å². The predicted octanol–water partition coefficient (Wildman–Crippen LogP) is 4.36. The monoisotopic (exact) mass is 294 g/mol. The number of thioether (sulfide) groups is 1. The van der Waals surface area contributed by atoms with Gasteiger partial charge in [0, 0.05) is 6.04 Å². The van der Waals surface area contributed by atoms with Crippen molar-refractivity contribution in [1.82, 2.24) is 5.32 Å². The van der Waals surface area contributed by atoms with E-state index >= 15 is 0 Å². The SMILES string of the molecule is CC(C)NC1(C#N)CCCC1CCSCC1CCCC1. The molecule has 2 aliphatic rings. The molecule has 2 rings (SSSR count). The first-order valence-corrected chi connectivity index (χ1v) is 9.58. The number of rotatable bonds is 7. The van der Waals surface area contributed by atoms with Crippen molar-refractivity contribution in [2.45, 2.75) is 76.8 Å². The molecule has 0 spiro atoms. The zero-order chi connectivity index (χ0) is 14.4. The first kappa shape index (κ1) is 16.2. The lowest BCUT2D eigenvalue weighted by Crippen LogP contribution is -2.50. The van der Waals surface area contributed by atoms with Gasteiger partial charge >= 0.3 is 0 Å². The second kappa shape index (κ2) is 7.71. The molecule has 2 atom stereocenters. The largest absolute Gasteiger partial charge is 0.297 e. The van der Waals surface area contributed by atoms with E-state index in [1.165, 1.54) is 56.5 Å². The zero-order valence-electron chi connectivity index (χ0n) is 13.2. The Labute approximate surface area is 129 Å². The summed E-state index contributed by atoms with van der Waals surface area (Å²) >= 11 is 2.13. The van der Waals surface area contributed by atoms with Crippen molar-refractivity contribution in [2.75, 3.05) is 11.5 Å². The standard InChI is InChI=1S/C17H30N2S/c1-14(2)19-17(13-18)10-5-8-16(17)9-11-20-12-15-6-3-4-7-15/h14-16,19H,3-12H2,1-2H3. The molecular formula is C17H30N2S. The second-order valence-corrected chi connectivity index (χ2v) is 8.14. The average molecular weight is 295 g/mol. The Morgan fingerprint density at radius 3 is 2.65 bits per heavy atom. The molecule has 0 aromatic carbocycles. The van der Waals surface area contributed by atoms with Crippen molar-refractivity contribution in [2.24, 2.45) is 11.8 Å². The fourth-order valence-electron chi connectivity index (χ4n) is 4.01. The van der Waals surface area contributed by atoms with Crippen molar-refractivity contribution in [3.8, 4) is 6.07 Å². The Kier molecular flexibility index (Phi) is 6.23. The van der Waals surface area contributed by atoms with E-state index in [0.29, 0.717) is 12.0 Å². The van der Waals surface area contributed by atoms with Gasteiger partial charge in [0.2, 0.25) is 0 Å². The van der Waals surface area contributed by atoms with Gasteiger partial charge in [-0.2, -0.15) is 17.0 Å². The van der Waals surface area contributed by atoms with Crippen molar-refractivity contribution in [3.05, 3.63) is 0 Å². The minimum Gasteiger partial charge on any atom is -0.297 e. The lowest BCUT2D eigenvalue weighted by atomic mass is 9.86. The van der Waals surface area contributed by atoms with Crippen molar-refractivity contribution < 1.29 is 0 Å². The third-order valence-corrected chi connectivity index (χ3v) is 6.24. The van der Waals surface area contributed by atoms with Crippen LogP contribution in [0, 0.1) is 23.2 Å². The van der Waals surface area contributed by atoms with E-state index in [2.05, 4.69) is 37.0 Å². The Bertz CT molecular complexity index is 330. The lowest BCUT2D eigenvalue weighted by Gasteiger charge is -2.32. The van der Waals surface area contributed by atoms with Crippen LogP contribution in [0.2, 0.25) is 0 Å². The summed E-state index contributed by atoms with van der Waals surface area (Å²) in [5.41, 5.74) is -0.234. The van der Waals surface area contributed by atoms with E-state index in [4.69, 9.17) is 0 Å². The van der Waals surface area contributed by atoms with E-state index < -0.39 is 0 Å². The molecule has 2 aliphatic carbocycles. The molecule has 2 unspecified atom stereocenters. The van der Waals surface area contributed by atoms with E-state index in [1.54, 1.807) is 0 Å². The molecule has 0 amide bonds. The molecule has 2 nitrogen and oxygen atoms in total. The highest BCUT2D eigenvalue weighted by atomic mass is 32.2. The maximum Gasteiger partial charge on any atom is 0.109 e. The highest BCUT2D eigenvalue weighted by Crippen LogP contribution is 2.39. The second-order valence-electron chi connectivity index (χ2n) is 6.99. The van der Waals surface area contributed by atoms with Crippen LogP contribution < -0.4 is 5.32 Å². The molecule has 0 radical (unpaired) electrons. The van der Waals surface area contributed by atoms with Crippen LogP contribution in [0.15, 0.2) is 0 Å². The molecule has 0 aromatic heterocycles. The summed E-state index contributed by atoms with van der Waals surface area (Å²) in [5.74, 6) is 4.14. The highest BCUT2D eigenvalue weighted by Gasteiger charge is 2.42. The normalized spacial score (nSPS) is 31.0. The van der Waals surface area contributed by atoms with E-state index in [-0.39, 0.29) is 5.54 Å². The molecule has 3 heteroatoms. The molecule has 2 saturated carbocycles. The highest BCUT2D eigenvalue weighted by molar-refractivity contribution is 7.99. The number of nitrogens with zero attached hydrogens (tertiary/aromatic N) is 1. The summed E-state index contributed by atoms with van der Waals surface area (Å²) in [6, 6.07) is 3.02. The Hall–Kier alpha value is -0.200. The number of nitrogens with one attached hydrogen (secondary N) is 1. The summed E-state index contributed by atoms with van der Waals surface area (Å²) in [5, 5.41) is 13.2. The van der Waals surface area contributed by atoms with Crippen molar-refractivity contribution in [3.63, 3.8) is 0 Å². The third kappa shape index (κ3) is 4.15. The first-order chi connectivity index (χ1) is 9.66. The quantitative estimate of drug-likeness (QED) is 0.709. The molecule has 0 aromatic rings. The van der Waals surface area contributed by atoms with Gasteiger partial charge in [-0.25, -0.2) is 0 Å². The van der Waals surface area contributed by atoms with Gasteiger partial charge in [-0.05, 0) is 69.3 Å². The van der Waals surface area contributed by atoms with Crippen LogP contribution in [-0.2, 0) is 0 Å². The van der Waals surface area contributed by atoms with Crippen LogP contribution in [0.1, 0.15) is 65.2 Å².